The van der Waals surface area contributed by atoms with Gasteiger partial charge in [-0.3, -0.25) is 9.59 Å². The molecule has 0 aliphatic rings. The van der Waals surface area contributed by atoms with E-state index in [1.165, 1.54) is 22.8 Å². The van der Waals surface area contributed by atoms with Gasteiger partial charge >= 0.3 is 4.87 Å². The van der Waals surface area contributed by atoms with Crippen molar-refractivity contribution in [3.63, 3.8) is 0 Å². The van der Waals surface area contributed by atoms with Crippen molar-refractivity contribution >= 4 is 22.9 Å². The standard InChI is InChI=1S/C12H11FN2O2S/c1-7-10(18-12(17)15(7)2)11(16)14-9-5-3-4-8(13)6-9/h3-6H,1-2H3,(H,14,16). The van der Waals surface area contributed by atoms with Gasteiger partial charge in [-0.25, -0.2) is 4.39 Å². The Morgan fingerprint density at radius 1 is 1.44 bits per heavy atom. The first kappa shape index (κ1) is 12.5. The molecule has 0 aliphatic heterocycles. The summed E-state index contributed by atoms with van der Waals surface area (Å²) >= 11 is 0.874. The predicted octanol–water partition coefficient (Wildman–Crippen LogP) is 2.15. The van der Waals surface area contributed by atoms with Crippen molar-refractivity contribution in [3.8, 4) is 0 Å². The number of rotatable bonds is 2. The fourth-order valence-corrected chi connectivity index (χ4v) is 2.36. The number of anilines is 1. The number of hydrogen-bond acceptors (Lipinski definition) is 3. The van der Waals surface area contributed by atoms with Gasteiger partial charge in [0.15, 0.2) is 0 Å². The number of carbonyl (C=O) groups excluding carboxylic acids is 1. The third kappa shape index (κ3) is 2.33. The Labute approximate surface area is 107 Å². The largest absolute Gasteiger partial charge is 0.321 e. The van der Waals surface area contributed by atoms with Crippen LogP contribution in [-0.4, -0.2) is 10.5 Å². The van der Waals surface area contributed by atoms with Crippen LogP contribution in [0.25, 0.3) is 0 Å². The van der Waals surface area contributed by atoms with Crippen molar-refractivity contribution < 1.29 is 9.18 Å². The number of halogens is 1. The maximum absolute atomic E-state index is 13.0. The van der Waals surface area contributed by atoms with Gasteiger partial charge in [-0.2, -0.15) is 0 Å². The Balaban J connectivity index is 2.27. The highest BCUT2D eigenvalue weighted by molar-refractivity contribution is 7.11. The summed E-state index contributed by atoms with van der Waals surface area (Å²) in [7, 11) is 1.60. The molecule has 0 fully saturated rings. The molecule has 6 heteroatoms. The topological polar surface area (TPSA) is 51.1 Å². The van der Waals surface area contributed by atoms with Gasteiger partial charge in [0.05, 0.1) is 0 Å². The first-order valence-electron chi connectivity index (χ1n) is 5.22. The molecule has 1 amide bonds. The van der Waals surface area contributed by atoms with E-state index in [9.17, 15) is 14.0 Å². The van der Waals surface area contributed by atoms with Crippen LogP contribution in [0.2, 0.25) is 0 Å². The first-order valence-corrected chi connectivity index (χ1v) is 6.04. The van der Waals surface area contributed by atoms with Gasteiger partial charge in [-0.15, -0.1) is 0 Å². The number of aromatic nitrogens is 1. The van der Waals surface area contributed by atoms with Gasteiger partial charge in [-0.1, -0.05) is 17.4 Å². The molecule has 4 nitrogen and oxygen atoms in total. The van der Waals surface area contributed by atoms with Gasteiger partial charge in [0.25, 0.3) is 5.91 Å². The quantitative estimate of drug-likeness (QED) is 0.905. The fraction of sp³-hybridized carbons (Fsp3) is 0.167. The summed E-state index contributed by atoms with van der Waals surface area (Å²) in [5.41, 5.74) is 0.960. The minimum atomic E-state index is -0.425. The summed E-state index contributed by atoms with van der Waals surface area (Å²) in [5.74, 6) is -0.827. The second kappa shape index (κ2) is 4.73. The molecule has 0 saturated heterocycles. The third-order valence-corrected chi connectivity index (χ3v) is 3.72. The highest BCUT2D eigenvalue weighted by atomic mass is 32.1. The van der Waals surface area contributed by atoms with Gasteiger partial charge in [-0.05, 0) is 25.1 Å². The summed E-state index contributed by atoms with van der Waals surface area (Å²) in [6.07, 6.45) is 0. The van der Waals surface area contributed by atoms with Gasteiger partial charge in [0.2, 0.25) is 0 Å². The second-order valence-corrected chi connectivity index (χ2v) is 4.77. The fourth-order valence-electron chi connectivity index (χ4n) is 1.48. The Morgan fingerprint density at radius 3 is 2.72 bits per heavy atom. The molecule has 18 heavy (non-hydrogen) atoms. The maximum atomic E-state index is 13.0. The monoisotopic (exact) mass is 266 g/mol. The number of nitrogens with zero attached hydrogens (tertiary/aromatic N) is 1. The smallest absolute Gasteiger partial charge is 0.307 e. The maximum Gasteiger partial charge on any atom is 0.307 e. The van der Waals surface area contributed by atoms with Crippen LogP contribution in [0.3, 0.4) is 0 Å². The van der Waals surface area contributed by atoms with Crippen LogP contribution in [0.15, 0.2) is 29.1 Å². The highest BCUT2D eigenvalue weighted by Crippen LogP contribution is 2.15. The zero-order valence-electron chi connectivity index (χ0n) is 9.86. The normalized spacial score (nSPS) is 10.4. The first-order chi connectivity index (χ1) is 8.49. The minimum Gasteiger partial charge on any atom is -0.321 e. The second-order valence-electron chi connectivity index (χ2n) is 3.81. The lowest BCUT2D eigenvalue weighted by atomic mass is 10.3. The van der Waals surface area contributed by atoms with Crippen molar-refractivity contribution in [2.45, 2.75) is 6.92 Å². The Hall–Kier alpha value is -1.95. The summed E-state index contributed by atoms with van der Waals surface area (Å²) < 4.78 is 14.4. The molecule has 0 bridgehead atoms. The molecule has 1 N–H and O–H groups in total. The van der Waals surface area contributed by atoms with E-state index in [0.29, 0.717) is 16.3 Å². The zero-order chi connectivity index (χ0) is 13.3. The van der Waals surface area contributed by atoms with E-state index in [1.807, 2.05) is 0 Å². The molecule has 1 aromatic heterocycles. The molecular formula is C12H11FN2O2S. The molecule has 0 aliphatic carbocycles. The molecule has 1 heterocycles. The number of nitrogens with one attached hydrogen (secondary N) is 1. The molecule has 2 rings (SSSR count). The van der Waals surface area contributed by atoms with E-state index >= 15 is 0 Å². The molecule has 2 aromatic rings. The van der Waals surface area contributed by atoms with Crippen LogP contribution >= 0.6 is 11.3 Å². The number of amides is 1. The molecule has 0 unspecified atom stereocenters. The predicted molar refractivity (Wildman–Crippen MR) is 68.7 cm³/mol. The van der Waals surface area contributed by atoms with Crippen LogP contribution in [0.1, 0.15) is 15.4 Å². The van der Waals surface area contributed by atoms with Crippen molar-refractivity contribution in [1.82, 2.24) is 4.57 Å². The highest BCUT2D eigenvalue weighted by Gasteiger charge is 2.15. The SMILES string of the molecule is Cc1c(C(=O)Nc2cccc(F)c2)sc(=O)n1C. The van der Waals surface area contributed by atoms with Gasteiger partial charge in [0.1, 0.15) is 10.7 Å². The molecule has 0 spiro atoms. The van der Waals surface area contributed by atoms with Crippen molar-refractivity contribution in [2.24, 2.45) is 7.05 Å². The Kier molecular flexibility index (Phi) is 3.29. The van der Waals surface area contributed by atoms with Crippen LogP contribution in [-0.2, 0) is 7.05 Å². The molecule has 0 atom stereocenters. The van der Waals surface area contributed by atoms with E-state index in [4.69, 9.17) is 0 Å². The van der Waals surface area contributed by atoms with Crippen molar-refractivity contribution in [3.05, 3.63) is 50.3 Å². The average Bonchev–Trinajstić information content (AvgIpc) is 2.57. The van der Waals surface area contributed by atoms with Gasteiger partial charge in [0, 0.05) is 18.4 Å². The molecule has 0 saturated carbocycles. The van der Waals surface area contributed by atoms with E-state index < -0.39 is 11.7 Å². The molecule has 94 valence electrons. The van der Waals surface area contributed by atoms with Crippen LogP contribution < -0.4 is 10.2 Å². The zero-order valence-corrected chi connectivity index (χ0v) is 10.7. The average molecular weight is 266 g/mol. The van der Waals surface area contributed by atoms with Crippen LogP contribution in [0, 0.1) is 12.7 Å². The third-order valence-electron chi connectivity index (χ3n) is 2.58. The van der Waals surface area contributed by atoms with Gasteiger partial charge < -0.3 is 9.88 Å². The van der Waals surface area contributed by atoms with E-state index in [0.717, 1.165) is 11.3 Å². The summed E-state index contributed by atoms with van der Waals surface area (Å²) in [6, 6.07) is 5.61. The molecular weight excluding hydrogens is 255 g/mol. The lowest BCUT2D eigenvalue weighted by Gasteiger charge is -2.04. The number of carbonyl (C=O) groups is 1. The molecule has 1 aromatic carbocycles. The summed E-state index contributed by atoms with van der Waals surface area (Å²) in [5, 5.41) is 2.56. The lowest BCUT2D eigenvalue weighted by Crippen LogP contribution is -2.13. The molecule has 0 radical (unpaired) electrons. The van der Waals surface area contributed by atoms with E-state index in [2.05, 4.69) is 5.32 Å². The Bertz CT molecular complexity index is 660. The Morgan fingerprint density at radius 2 is 2.17 bits per heavy atom. The van der Waals surface area contributed by atoms with Crippen molar-refractivity contribution in [1.29, 1.82) is 0 Å². The summed E-state index contributed by atoms with van der Waals surface area (Å²) in [6.45, 7) is 1.69. The van der Waals surface area contributed by atoms with Crippen molar-refractivity contribution in [2.75, 3.05) is 5.32 Å². The van der Waals surface area contributed by atoms with Crippen LogP contribution in [0.4, 0.5) is 10.1 Å². The minimum absolute atomic E-state index is 0.197. The number of thiazole rings is 1. The number of hydrogen-bond donors (Lipinski definition) is 1. The number of benzene rings is 1. The van der Waals surface area contributed by atoms with E-state index in [1.54, 1.807) is 20.0 Å². The van der Waals surface area contributed by atoms with Crippen LogP contribution in [0.5, 0.6) is 0 Å². The van der Waals surface area contributed by atoms with E-state index in [-0.39, 0.29) is 4.87 Å². The summed E-state index contributed by atoms with van der Waals surface area (Å²) in [4.78, 5) is 23.5. The lowest BCUT2D eigenvalue weighted by molar-refractivity contribution is 0.102.